The van der Waals surface area contributed by atoms with Gasteiger partial charge in [-0.3, -0.25) is 0 Å². The van der Waals surface area contributed by atoms with Crippen LogP contribution < -0.4 is 0 Å². The summed E-state index contributed by atoms with van der Waals surface area (Å²) in [5, 5.41) is 0. The lowest BCUT2D eigenvalue weighted by atomic mass is 10.4. The van der Waals surface area contributed by atoms with E-state index in [2.05, 4.69) is 20.1 Å². The van der Waals surface area contributed by atoms with Gasteiger partial charge in [0.25, 0.3) is 0 Å². The van der Waals surface area contributed by atoms with Crippen LogP contribution in [0.3, 0.4) is 0 Å². The highest BCUT2D eigenvalue weighted by atomic mass is 28.4. The first-order valence-corrected chi connectivity index (χ1v) is 5.99. The summed E-state index contributed by atoms with van der Waals surface area (Å²) in [6, 6.07) is 0.872. The molecule has 1 N–H and O–H groups in total. The minimum atomic E-state index is -2.19. The summed E-state index contributed by atoms with van der Waals surface area (Å²) >= 11 is 0. The van der Waals surface area contributed by atoms with E-state index in [4.69, 9.17) is 0 Å². The quantitative estimate of drug-likeness (QED) is 0.605. The van der Waals surface area contributed by atoms with E-state index in [1.807, 2.05) is 0 Å². The van der Waals surface area contributed by atoms with Crippen LogP contribution in [0, 0.1) is 0 Å². The average Bonchev–Trinajstić information content (AvgIpc) is 2.00. The van der Waals surface area contributed by atoms with E-state index in [1.54, 1.807) is 11.4 Å². The Kier molecular flexibility index (Phi) is 4.32. The smallest absolute Gasteiger partial charge is 0.236 e. The highest BCUT2D eigenvalue weighted by Gasteiger charge is 2.20. The van der Waals surface area contributed by atoms with Gasteiger partial charge in [0.2, 0.25) is 8.32 Å². The molecule has 0 radical (unpaired) electrons. The second-order valence-electron chi connectivity index (χ2n) is 2.50. The van der Waals surface area contributed by atoms with E-state index in [0.29, 0.717) is 0 Å². The van der Waals surface area contributed by atoms with Gasteiger partial charge in [-0.05, 0) is 6.04 Å². The van der Waals surface area contributed by atoms with Crippen LogP contribution in [0.25, 0.3) is 0 Å². The molecule has 0 aliphatic heterocycles. The monoisotopic (exact) mass is 156 g/mol. The second kappa shape index (κ2) is 4.47. The van der Waals surface area contributed by atoms with Crippen LogP contribution in [0.5, 0.6) is 0 Å². The first kappa shape index (κ1) is 9.66. The van der Waals surface area contributed by atoms with Gasteiger partial charge in [0.15, 0.2) is 0 Å². The van der Waals surface area contributed by atoms with Gasteiger partial charge in [-0.1, -0.05) is 31.2 Å². The van der Waals surface area contributed by atoms with Crippen molar-refractivity contribution in [1.29, 1.82) is 0 Å². The van der Waals surface area contributed by atoms with Crippen molar-refractivity contribution in [2.45, 2.75) is 25.8 Å². The number of unbranched alkanes of at least 4 members (excludes halogenated alkanes) is 1. The molecule has 0 aromatic carbocycles. The van der Waals surface area contributed by atoms with E-state index in [9.17, 15) is 4.80 Å². The lowest BCUT2D eigenvalue weighted by Gasteiger charge is -2.14. The SMILES string of the molecule is C=C[Si](O)(C=C)CCCC. The Morgan fingerprint density at radius 2 is 1.90 bits per heavy atom. The first-order valence-electron chi connectivity index (χ1n) is 3.68. The minimum Gasteiger partial charge on any atom is -0.425 e. The molecule has 0 aromatic rings. The molecule has 0 heterocycles. The maximum atomic E-state index is 9.66. The lowest BCUT2D eigenvalue weighted by molar-refractivity contribution is 0.556. The summed E-state index contributed by atoms with van der Waals surface area (Å²) in [7, 11) is -2.19. The maximum Gasteiger partial charge on any atom is 0.236 e. The molecule has 0 rings (SSSR count). The molecule has 0 fully saturated rings. The van der Waals surface area contributed by atoms with E-state index in [1.165, 1.54) is 0 Å². The third kappa shape index (κ3) is 2.99. The Hall–Kier alpha value is -0.343. The van der Waals surface area contributed by atoms with Gasteiger partial charge in [-0.25, -0.2) is 0 Å². The van der Waals surface area contributed by atoms with Gasteiger partial charge in [-0.2, -0.15) is 0 Å². The number of hydrogen-bond donors (Lipinski definition) is 1. The molecule has 0 bridgehead atoms. The van der Waals surface area contributed by atoms with Gasteiger partial charge < -0.3 is 4.80 Å². The van der Waals surface area contributed by atoms with E-state index in [-0.39, 0.29) is 0 Å². The van der Waals surface area contributed by atoms with E-state index in [0.717, 1.165) is 18.9 Å². The van der Waals surface area contributed by atoms with Gasteiger partial charge in [-0.15, -0.1) is 13.2 Å². The zero-order chi connectivity index (χ0) is 8.04. The maximum absolute atomic E-state index is 9.66. The highest BCUT2D eigenvalue weighted by Crippen LogP contribution is 2.12. The standard InChI is InChI=1S/C8H16OSi/c1-4-7-8-10(9,5-2)6-3/h5-6,9H,2-4,7-8H2,1H3. The fourth-order valence-corrected chi connectivity index (χ4v) is 2.24. The normalized spacial score (nSPS) is 11.0. The topological polar surface area (TPSA) is 20.2 Å². The Labute approximate surface area is 64.2 Å². The molecule has 0 aliphatic rings. The molecular formula is C8H16OSi. The summed E-state index contributed by atoms with van der Waals surface area (Å²) in [5.41, 5.74) is 3.35. The van der Waals surface area contributed by atoms with Crippen molar-refractivity contribution >= 4 is 8.32 Å². The van der Waals surface area contributed by atoms with Gasteiger partial charge in [0.1, 0.15) is 0 Å². The lowest BCUT2D eigenvalue weighted by Crippen LogP contribution is -2.28. The van der Waals surface area contributed by atoms with Crippen LogP contribution >= 0.6 is 0 Å². The summed E-state index contributed by atoms with van der Waals surface area (Å²) in [6.07, 6.45) is 2.19. The fraction of sp³-hybridized carbons (Fsp3) is 0.500. The van der Waals surface area contributed by atoms with Crippen LogP contribution in [0.1, 0.15) is 19.8 Å². The average molecular weight is 156 g/mol. The van der Waals surface area contributed by atoms with Crippen molar-refractivity contribution in [2.75, 3.05) is 0 Å². The Balaban J connectivity index is 3.80. The molecule has 0 unspecified atom stereocenters. The van der Waals surface area contributed by atoms with Crippen molar-refractivity contribution in [2.24, 2.45) is 0 Å². The van der Waals surface area contributed by atoms with Crippen LogP contribution in [-0.2, 0) is 0 Å². The van der Waals surface area contributed by atoms with Gasteiger partial charge in [0, 0.05) is 0 Å². The minimum absolute atomic E-state index is 0.872. The van der Waals surface area contributed by atoms with Crippen molar-refractivity contribution in [3.8, 4) is 0 Å². The highest BCUT2D eigenvalue weighted by molar-refractivity contribution is 6.82. The second-order valence-corrected chi connectivity index (χ2v) is 5.80. The molecule has 10 heavy (non-hydrogen) atoms. The molecule has 58 valence electrons. The van der Waals surface area contributed by atoms with Crippen molar-refractivity contribution in [3.05, 3.63) is 24.6 Å². The molecule has 1 nitrogen and oxygen atoms in total. The van der Waals surface area contributed by atoms with E-state index < -0.39 is 8.32 Å². The Morgan fingerprint density at radius 1 is 1.40 bits per heavy atom. The van der Waals surface area contributed by atoms with Gasteiger partial charge >= 0.3 is 0 Å². The first-order chi connectivity index (χ1) is 4.68. The van der Waals surface area contributed by atoms with Crippen LogP contribution in [-0.4, -0.2) is 13.1 Å². The van der Waals surface area contributed by atoms with E-state index >= 15 is 0 Å². The molecule has 0 amide bonds. The molecule has 0 aromatic heterocycles. The third-order valence-corrected chi connectivity index (χ3v) is 4.21. The predicted molar refractivity (Wildman–Crippen MR) is 48.1 cm³/mol. The number of hydrogen-bond acceptors (Lipinski definition) is 1. The molecule has 0 aliphatic carbocycles. The zero-order valence-electron chi connectivity index (χ0n) is 6.64. The predicted octanol–water partition coefficient (Wildman–Crippen LogP) is 2.17. The van der Waals surface area contributed by atoms with Crippen LogP contribution in [0.2, 0.25) is 6.04 Å². The summed E-state index contributed by atoms with van der Waals surface area (Å²) in [4.78, 5) is 9.66. The Morgan fingerprint density at radius 3 is 2.20 bits per heavy atom. The molecule has 0 atom stereocenters. The van der Waals surface area contributed by atoms with Crippen LogP contribution in [0.15, 0.2) is 24.6 Å². The zero-order valence-corrected chi connectivity index (χ0v) is 7.64. The van der Waals surface area contributed by atoms with Crippen molar-refractivity contribution in [3.63, 3.8) is 0 Å². The molecule has 0 spiro atoms. The number of rotatable bonds is 5. The summed E-state index contributed by atoms with van der Waals surface area (Å²) in [6.45, 7) is 9.31. The van der Waals surface area contributed by atoms with Crippen molar-refractivity contribution < 1.29 is 4.80 Å². The fourth-order valence-electron chi connectivity index (χ4n) is 0.747. The molecule has 0 saturated heterocycles. The molecular weight excluding hydrogens is 140 g/mol. The third-order valence-electron chi connectivity index (χ3n) is 1.64. The van der Waals surface area contributed by atoms with Gasteiger partial charge in [0.05, 0.1) is 0 Å². The van der Waals surface area contributed by atoms with Crippen LogP contribution in [0.4, 0.5) is 0 Å². The Bertz CT molecular complexity index is 112. The van der Waals surface area contributed by atoms with Crippen molar-refractivity contribution in [1.82, 2.24) is 0 Å². The summed E-state index contributed by atoms with van der Waals surface area (Å²) in [5.74, 6) is 0. The summed E-state index contributed by atoms with van der Waals surface area (Å²) < 4.78 is 0. The molecule has 0 saturated carbocycles. The molecule has 2 heteroatoms. The largest absolute Gasteiger partial charge is 0.425 e.